The molecular formula is C13H19F2NO. The van der Waals surface area contributed by atoms with Crippen molar-refractivity contribution in [1.29, 1.82) is 0 Å². The minimum absolute atomic E-state index is 0.0311. The van der Waals surface area contributed by atoms with Crippen LogP contribution in [0.5, 0.6) is 5.75 Å². The lowest BCUT2D eigenvalue weighted by Gasteiger charge is -2.34. The predicted octanol–water partition coefficient (Wildman–Crippen LogP) is 3.11. The summed E-state index contributed by atoms with van der Waals surface area (Å²) < 4.78 is 31.8. The highest BCUT2D eigenvalue weighted by atomic mass is 19.1. The highest BCUT2D eigenvalue weighted by molar-refractivity contribution is 5.25. The van der Waals surface area contributed by atoms with Crippen molar-refractivity contribution in [2.24, 2.45) is 11.1 Å². The zero-order valence-electron chi connectivity index (χ0n) is 10.6. The van der Waals surface area contributed by atoms with Crippen molar-refractivity contribution in [3.63, 3.8) is 0 Å². The molecular weight excluding hydrogens is 224 g/mol. The molecule has 1 aromatic carbocycles. The second kappa shape index (κ2) is 5.00. The summed E-state index contributed by atoms with van der Waals surface area (Å²) in [4.78, 5) is 0. The number of halogens is 2. The van der Waals surface area contributed by atoms with Crippen molar-refractivity contribution in [2.75, 3.05) is 0 Å². The van der Waals surface area contributed by atoms with Crippen LogP contribution >= 0.6 is 0 Å². The Balaban J connectivity index is 2.94. The summed E-state index contributed by atoms with van der Waals surface area (Å²) in [7, 11) is 0. The molecule has 0 spiro atoms. The molecule has 0 aliphatic heterocycles. The normalized spacial score (nSPS) is 15.5. The fourth-order valence-electron chi connectivity index (χ4n) is 1.78. The maximum absolute atomic E-state index is 13.5. The molecule has 0 saturated heterocycles. The van der Waals surface area contributed by atoms with Gasteiger partial charge in [-0.15, -0.1) is 0 Å². The molecule has 1 aromatic rings. The van der Waals surface area contributed by atoms with E-state index >= 15 is 0 Å². The standard InChI is InChI=1S/C13H19F2NO/c1-8(16)12(13(2,3)4)17-11-6-5-9(14)7-10(11)15/h5-8,12H,16H2,1-4H3. The maximum Gasteiger partial charge on any atom is 0.167 e. The van der Waals surface area contributed by atoms with E-state index in [-0.39, 0.29) is 23.3 Å². The van der Waals surface area contributed by atoms with Crippen LogP contribution in [0.4, 0.5) is 8.78 Å². The third-order valence-corrected chi connectivity index (χ3v) is 2.48. The highest BCUT2D eigenvalue weighted by Crippen LogP contribution is 2.28. The van der Waals surface area contributed by atoms with Gasteiger partial charge in [0.15, 0.2) is 11.6 Å². The van der Waals surface area contributed by atoms with Gasteiger partial charge in [-0.05, 0) is 19.1 Å². The quantitative estimate of drug-likeness (QED) is 0.885. The largest absolute Gasteiger partial charge is 0.485 e. The van der Waals surface area contributed by atoms with Crippen molar-refractivity contribution in [3.8, 4) is 5.75 Å². The van der Waals surface area contributed by atoms with Crippen molar-refractivity contribution in [3.05, 3.63) is 29.8 Å². The second-order valence-electron chi connectivity index (χ2n) is 5.34. The van der Waals surface area contributed by atoms with Crippen molar-refractivity contribution in [1.82, 2.24) is 0 Å². The molecule has 2 N–H and O–H groups in total. The maximum atomic E-state index is 13.5. The van der Waals surface area contributed by atoms with Crippen LogP contribution in [0.3, 0.4) is 0 Å². The van der Waals surface area contributed by atoms with Gasteiger partial charge in [0.25, 0.3) is 0 Å². The van der Waals surface area contributed by atoms with Gasteiger partial charge in [-0.3, -0.25) is 0 Å². The van der Waals surface area contributed by atoms with Crippen LogP contribution in [0.25, 0.3) is 0 Å². The third kappa shape index (κ3) is 3.66. The first kappa shape index (κ1) is 13.9. The van der Waals surface area contributed by atoms with E-state index in [0.717, 1.165) is 6.07 Å². The van der Waals surface area contributed by atoms with Crippen LogP contribution < -0.4 is 10.5 Å². The Kier molecular flexibility index (Phi) is 4.09. The Bertz CT molecular complexity index is 385. The number of nitrogens with two attached hydrogens (primary N) is 1. The lowest BCUT2D eigenvalue weighted by atomic mass is 9.85. The summed E-state index contributed by atoms with van der Waals surface area (Å²) in [6, 6.07) is 3.00. The Morgan fingerprint density at radius 3 is 2.24 bits per heavy atom. The van der Waals surface area contributed by atoms with Gasteiger partial charge in [-0.1, -0.05) is 20.8 Å². The second-order valence-corrected chi connectivity index (χ2v) is 5.34. The summed E-state index contributed by atoms with van der Waals surface area (Å²) in [5.41, 5.74) is 5.60. The Hall–Kier alpha value is -1.16. The molecule has 0 amide bonds. The van der Waals surface area contributed by atoms with Gasteiger partial charge >= 0.3 is 0 Å². The summed E-state index contributed by atoms with van der Waals surface area (Å²) in [6.07, 6.45) is -0.345. The smallest absolute Gasteiger partial charge is 0.167 e. The minimum Gasteiger partial charge on any atom is -0.485 e. The van der Waals surface area contributed by atoms with Crippen LogP contribution in [0.15, 0.2) is 18.2 Å². The first-order valence-corrected chi connectivity index (χ1v) is 5.59. The molecule has 2 atom stereocenters. The van der Waals surface area contributed by atoms with Crippen LogP contribution in [0.2, 0.25) is 0 Å². The predicted molar refractivity (Wildman–Crippen MR) is 63.9 cm³/mol. The van der Waals surface area contributed by atoms with Crippen molar-refractivity contribution < 1.29 is 13.5 Å². The topological polar surface area (TPSA) is 35.2 Å². The molecule has 0 heterocycles. The molecule has 0 radical (unpaired) electrons. The zero-order chi connectivity index (χ0) is 13.2. The molecule has 0 aliphatic carbocycles. The average Bonchev–Trinajstić information content (AvgIpc) is 2.13. The number of rotatable bonds is 3. The SMILES string of the molecule is CC(N)C(Oc1ccc(F)cc1F)C(C)(C)C. The number of hydrogen-bond donors (Lipinski definition) is 1. The molecule has 0 fully saturated rings. The summed E-state index contributed by atoms with van der Waals surface area (Å²) in [5.74, 6) is -1.30. The van der Waals surface area contributed by atoms with E-state index in [0.29, 0.717) is 0 Å². The molecule has 2 nitrogen and oxygen atoms in total. The third-order valence-electron chi connectivity index (χ3n) is 2.48. The van der Waals surface area contributed by atoms with Gasteiger partial charge in [0.2, 0.25) is 0 Å². The van der Waals surface area contributed by atoms with E-state index < -0.39 is 11.6 Å². The molecule has 0 saturated carbocycles. The molecule has 96 valence electrons. The lowest BCUT2D eigenvalue weighted by molar-refractivity contribution is 0.0646. The van der Waals surface area contributed by atoms with Gasteiger partial charge in [-0.25, -0.2) is 8.78 Å². The fraction of sp³-hybridized carbons (Fsp3) is 0.538. The van der Waals surface area contributed by atoms with Gasteiger partial charge in [0.05, 0.1) is 0 Å². The lowest BCUT2D eigenvalue weighted by Crippen LogP contribution is -2.45. The molecule has 2 unspecified atom stereocenters. The Labute approximate surface area is 101 Å². The van der Waals surface area contributed by atoms with Crippen molar-refractivity contribution >= 4 is 0 Å². The molecule has 17 heavy (non-hydrogen) atoms. The van der Waals surface area contributed by atoms with Crippen LogP contribution in [0, 0.1) is 17.0 Å². The Morgan fingerprint density at radius 2 is 1.82 bits per heavy atom. The summed E-state index contributed by atoms with van der Waals surface area (Å²) in [6.45, 7) is 7.69. The zero-order valence-corrected chi connectivity index (χ0v) is 10.6. The van der Waals surface area contributed by atoms with Crippen LogP contribution in [-0.4, -0.2) is 12.1 Å². The number of benzene rings is 1. The van der Waals surface area contributed by atoms with E-state index in [4.69, 9.17) is 10.5 Å². The fourth-order valence-corrected chi connectivity index (χ4v) is 1.78. The monoisotopic (exact) mass is 243 g/mol. The van der Waals surface area contributed by atoms with E-state index in [1.807, 2.05) is 20.8 Å². The van der Waals surface area contributed by atoms with E-state index in [1.165, 1.54) is 12.1 Å². The van der Waals surface area contributed by atoms with E-state index in [2.05, 4.69) is 0 Å². The summed E-state index contributed by atoms with van der Waals surface area (Å²) >= 11 is 0. The number of ether oxygens (including phenoxy) is 1. The van der Waals surface area contributed by atoms with Gasteiger partial charge in [0.1, 0.15) is 11.9 Å². The first-order chi connectivity index (χ1) is 7.71. The van der Waals surface area contributed by atoms with Crippen LogP contribution in [-0.2, 0) is 0 Å². The minimum atomic E-state index is -0.708. The average molecular weight is 243 g/mol. The molecule has 0 aliphatic rings. The highest BCUT2D eigenvalue weighted by Gasteiger charge is 2.30. The first-order valence-electron chi connectivity index (χ1n) is 5.59. The molecule has 0 bridgehead atoms. The Morgan fingerprint density at radius 1 is 1.24 bits per heavy atom. The number of hydrogen-bond acceptors (Lipinski definition) is 2. The van der Waals surface area contributed by atoms with Gasteiger partial charge in [0, 0.05) is 17.5 Å². The van der Waals surface area contributed by atoms with Crippen molar-refractivity contribution in [2.45, 2.75) is 39.8 Å². The molecule has 0 aromatic heterocycles. The van der Waals surface area contributed by atoms with E-state index in [1.54, 1.807) is 6.92 Å². The van der Waals surface area contributed by atoms with Gasteiger partial charge < -0.3 is 10.5 Å². The van der Waals surface area contributed by atoms with Crippen LogP contribution in [0.1, 0.15) is 27.7 Å². The van der Waals surface area contributed by atoms with E-state index in [9.17, 15) is 8.78 Å². The molecule has 4 heteroatoms. The van der Waals surface area contributed by atoms with Gasteiger partial charge in [-0.2, -0.15) is 0 Å². The molecule has 1 rings (SSSR count). The summed E-state index contributed by atoms with van der Waals surface area (Å²) in [5, 5.41) is 0.